The molecular formula is C20H16ClF2NO3. The fraction of sp³-hybridized carbons (Fsp3) is 0.300. The minimum atomic E-state index is -3.37. The summed E-state index contributed by atoms with van der Waals surface area (Å²) in [5, 5.41) is 0.221. The van der Waals surface area contributed by atoms with Crippen LogP contribution in [-0.2, 0) is 17.1 Å². The van der Waals surface area contributed by atoms with Crippen LogP contribution in [0.5, 0.6) is 0 Å². The lowest BCUT2D eigenvalue weighted by Gasteiger charge is -2.40. The first-order valence-electron chi connectivity index (χ1n) is 8.53. The number of benzene rings is 2. The highest BCUT2D eigenvalue weighted by molar-refractivity contribution is 6.33. The number of rotatable bonds is 2. The topological polar surface area (TPSA) is 46.6 Å². The molecule has 2 aromatic rings. The van der Waals surface area contributed by atoms with Gasteiger partial charge in [-0.2, -0.15) is 8.78 Å². The Kier molecular flexibility index (Phi) is 4.18. The van der Waals surface area contributed by atoms with E-state index >= 15 is 8.78 Å². The second kappa shape index (κ2) is 6.30. The van der Waals surface area contributed by atoms with E-state index in [2.05, 4.69) is 4.74 Å². The highest BCUT2D eigenvalue weighted by atomic mass is 35.5. The Balaban J connectivity index is 1.85. The van der Waals surface area contributed by atoms with Crippen LogP contribution in [0.3, 0.4) is 0 Å². The average Bonchev–Trinajstić information content (AvgIpc) is 3.08. The standard InChI is InChI=1S/C20H16ClF2NO3/c1-27-19(26)13-8-6-11-7-9-15-16(11)17(13)20(22,23)10-24(15)18(25)12-4-2-3-5-14(12)21/h2-6,8,15H,7,9-10H2,1H3. The maximum atomic E-state index is 15.1. The SMILES string of the molecule is COC(=O)c1ccc2c3c1C(F)(F)CN(C(=O)c1ccccc1Cl)C3CC2. The third-order valence-electron chi connectivity index (χ3n) is 5.24. The molecule has 0 N–H and O–H groups in total. The lowest BCUT2D eigenvalue weighted by atomic mass is 9.86. The van der Waals surface area contributed by atoms with Gasteiger partial charge >= 0.3 is 5.97 Å². The first kappa shape index (κ1) is 17.9. The molecule has 2 aromatic carbocycles. The summed E-state index contributed by atoms with van der Waals surface area (Å²) in [5.74, 6) is -4.71. The first-order valence-corrected chi connectivity index (χ1v) is 8.91. The monoisotopic (exact) mass is 391 g/mol. The second-order valence-corrected chi connectivity index (χ2v) is 7.13. The van der Waals surface area contributed by atoms with Crippen molar-refractivity contribution in [2.45, 2.75) is 24.8 Å². The number of amides is 1. The Hall–Kier alpha value is -2.47. The number of methoxy groups -OCH3 is 1. The molecule has 0 spiro atoms. The summed E-state index contributed by atoms with van der Waals surface area (Å²) < 4.78 is 34.9. The van der Waals surface area contributed by atoms with Gasteiger partial charge in [-0.05, 0) is 42.2 Å². The van der Waals surface area contributed by atoms with Crippen molar-refractivity contribution in [3.05, 3.63) is 69.2 Å². The van der Waals surface area contributed by atoms with Crippen molar-refractivity contribution in [2.75, 3.05) is 13.7 Å². The van der Waals surface area contributed by atoms with Crippen molar-refractivity contribution in [1.82, 2.24) is 4.90 Å². The third-order valence-corrected chi connectivity index (χ3v) is 5.57. The highest BCUT2D eigenvalue weighted by Gasteiger charge is 2.51. The zero-order chi connectivity index (χ0) is 19.3. The molecule has 7 heteroatoms. The van der Waals surface area contributed by atoms with Crippen LogP contribution in [0.1, 0.15) is 49.9 Å². The van der Waals surface area contributed by atoms with Gasteiger partial charge in [0.1, 0.15) is 0 Å². The zero-order valence-electron chi connectivity index (χ0n) is 14.5. The lowest BCUT2D eigenvalue weighted by Crippen LogP contribution is -2.47. The number of hydrogen-bond donors (Lipinski definition) is 0. The number of ether oxygens (including phenoxy) is 1. The number of nitrogens with zero attached hydrogens (tertiary/aromatic N) is 1. The van der Waals surface area contributed by atoms with E-state index < -0.39 is 30.4 Å². The minimum Gasteiger partial charge on any atom is -0.465 e. The maximum Gasteiger partial charge on any atom is 0.338 e. The first-order chi connectivity index (χ1) is 12.8. The number of halogens is 3. The van der Waals surface area contributed by atoms with Gasteiger partial charge in [0, 0.05) is 5.56 Å². The summed E-state index contributed by atoms with van der Waals surface area (Å²) in [7, 11) is 1.16. The van der Waals surface area contributed by atoms with Crippen molar-refractivity contribution < 1.29 is 23.1 Å². The van der Waals surface area contributed by atoms with Gasteiger partial charge in [-0.1, -0.05) is 29.8 Å². The van der Waals surface area contributed by atoms with Crippen LogP contribution in [0.2, 0.25) is 5.02 Å². The van der Waals surface area contributed by atoms with E-state index in [4.69, 9.17) is 11.6 Å². The Morgan fingerprint density at radius 3 is 2.63 bits per heavy atom. The number of carbonyl (C=O) groups excluding carboxylic acids is 2. The Morgan fingerprint density at radius 2 is 1.93 bits per heavy atom. The van der Waals surface area contributed by atoms with E-state index in [9.17, 15) is 9.59 Å². The summed E-state index contributed by atoms with van der Waals surface area (Å²) in [6.07, 6.45) is 1.09. The van der Waals surface area contributed by atoms with Crippen LogP contribution in [0.15, 0.2) is 36.4 Å². The molecule has 0 aromatic heterocycles. The fourth-order valence-electron chi connectivity index (χ4n) is 4.09. The van der Waals surface area contributed by atoms with Gasteiger partial charge in [-0.15, -0.1) is 0 Å². The Bertz CT molecular complexity index is 960. The zero-order valence-corrected chi connectivity index (χ0v) is 15.2. The largest absolute Gasteiger partial charge is 0.465 e. The van der Waals surface area contributed by atoms with Gasteiger partial charge in [0.2, 0.25) is 0 Å². The van der Waals surface area contributed by atoms with Crippen LogP contribution < -0.4 is 0 Å². The van der Waals surface area contributed by atoms with E-state index in [1.165, 1.54) is 17.0 Å². The van der Waals surface area contributed by atoms with Crippen LogP contribution in [0, 0.1) is 0 Å². The molecule has 1 aliphatic carbocycles. The molecule has 4 rings (SSSR count). The fourth-order valence-corrected chi connectivity index (χ4v) is 4.31. The molecule has 1 amide bonds. The normalized spacial score (nSPS) is 19.6. The van der Waals surface area contributed by atoms with E-state index in [1.54, 1.807) is 24.3 Å². The van der Waals surface area contributed by atoms with E-state index in [0.717, 1.165) is 12.7 Å². The summed E-state index contributed by atoms with van der Waals surface area (Å²) in [6.45, 7) is -0.803. The van der Waals surface area contributed by atoms with Gasteiger partial charge in [0.25, 0.3) is 11.8 Å². The number of esters is 1. The van der Waals surface area contributed by atoms with Crippen LogP contribution in [0.25, 0.3) is 0 Å². The molecule has 0 bridgehead atoms. The third kappa shape index (κ3) is 2.70. The Morgan fingerprint density at radius 1 is 1.19 bits per heavy atom. The van der Waals surface area contributed by atoms with E-state index in [1.807, 2.05) is 0 Å². The molecular weight excluding hydrogens is 376 g/mol. The van der Waals surface area contributed by atoms with Crippen molar-refractivity contribution in [2.24, 2.45) is 0 Å². The molecule has 0 radical (unpaired) electrons. The minimum absolute atomic E-state index is 0.141. The number of carbonyl (C=O) groups is 2. The quantitative estimate of drug-likeness (QED) is 0.714. The molecule has 1 heterocycles. The van der Waals surface area contributed by atoms with Gasteiger partial charge in [-0.3, -0.25) is 4.79 Å². The molecule has 1 unspecified atom stereocenters. The molecule has 4 nitrogen and oxygen atoms in total. The second-order valence-electron chi connectivity index (χ2n) is 6.72. The molecule has 0 fully saturated rings. The van der Waals surface area contributed by atoms with Crippen molar-refractivity contribution in [1.29, 1.82) is 0 Å². The average molecular weight is 392 g/mol. The van der Waals surface area contributed by atoms with E-state index in [-0.39, 0.29) is 21.7 Å². The van der Waals surface area contributed by atoms with Crippen molar-refractivity contribution >= 4 is 23.5 Å². The van der Waals surface area contributed by atoms with Gasteiger partial charge in [0.05, 0.1) is 35.8 Å². The smallest absolute Gasteiger partial charge is 0.338 e. The summed E-state index contributed by atoms with van der Waals surface area (Å²) in [5.41, 5.74) is 0.847. The molecule has 27 heavy (non-hydrogen) atoms. The Labute approximate surface area is 159 Å². The molecule has 140 valence electrons. The summed E-state index contributed by atoms with van der Waals surface area (Å²) >= 11 is 6.10. The van der Waals surface area contributed by atoms with Crippen LogP contribution in [0.4, 0.5) is 8.78 Å². The van der Waals surface area contributed by atoms with Gasteiger partial charge in [0.15, 0.2) is 0 Å². The summed E-state index contributed by atoms with van der Waals surface area (Å²) in [6, 6.07) is 8.95. The predicted molar refractivity (Wildman–Crippen MR) is 95.2 cm³/mol. The van der Waals surface area contributed by atoms with E-state index in [0.29, 0.717) is 18.4 Å². The molecule has 1 atom stereocenters. The summed E-state index contributed by atoms with van der Waals surface area (Å²) in [4.78, 5) is 26.2. The van der Waals surface area contributed by atoms with Crippen LogP contribution in [-0.4, -0.2) is 30.4 Å². The number of alkyl halides is 2. The lowest BCUT2D eigenvalue weighted by molar-refractivity contribution is -0.0548. The number of hydrogen-bond acceptors (Lipinski definition) is 3. The molecule has 0 saturated carbocycles. The van der Waals surface area contributed by atoms with Crippen molar-refractivity contribution in [3.63, 3.8) is 0 Å². The molecule has 1 aliphatic heterocycles. The van der Waals surface area contributed by atoms with Gasteiger partial charge in [-0.25, -0.2) is 4.79 Å². The van der Waals surface area contributed by atoms with Gasteiger partial charge < -0.3 is 9.64 Å². The number of aryl methyl sites for hydroxylation is 1. The molecule has 0 saturated heterocycles. The predicted octanol–water partition coefficient (Wildman–Crippen LogP) is 4.36. The highest BCUT2D eigenvalue weighted by Crippen LogP contribution is 2.50. The van der Waals surface area contributed by atoms with Crippen LogP contribution >= 0.6 is 11.6 Å². The maximum absolute atomic E-state index is 15.1. The van der Waals surface area contributed by atoms with Crippen molar-refractivity contribution in [3.8, 4) is 0 Å². The molecule has 2 aliphatic rings.